The van der Waals surface area contributed by atoms with E-state index in [4.69, 9.17) is 5.73 Å². The molecule has 148 valence electrons. The van der Waals surface area contributed by atoms with E-state index in [2.05, 4.69) is 20.3 Å². The van der Waals surface area contributed by atoms with Gasteiger partial charge in [0.25, 0.3) is 0 Å². The molecular weight excluding hydrogens is 394 g/mol. The molecule has 0 saturated heterocycles. The van der Waals surface area contributed by atoms with Crippen molar-refractivity contribution in [2.75, 3.05) is 23.0 Å². The van der Waals surface area contributed by atoms with Crippen LogP contribution < -0.4 is 16.0 Å². The van der Waals surface area contributed by atoms with E-state index >= 15 is 0 Å². The molecule has 1 amide bonds. The Labute approximate surface area is 169 Å². The predicted molar refractivity (Wildman–Crippen MR) is 110 cm³/mol. The van der Waals surface area contributed by atoms with Gasteiger partial charge in [0.15, 0.2) is 5.13 Å². The molecule has 10 nitrogen and oxygen atoms in total. The highest BCUT2D eigenvalue weighted by Crippen LogP contribution is 2.43. The Bertz CT molecular complexity index is 1160. The van der Waals surface area contributed by atoms with Gasteiger partial charge in [-0.15, -0.1) is 11.3 Å². The van der Waals surface area contributed by atoms with Gasteiger partial charge in [0.1, 0.15) is 6.33 Å². The van der Waals surface area contributed by atoms with E-state index in [-0.39, 0.29) is 17.5 Å². The van der Waals surface area contributed by atoms with Gasteiger partial charge in [-0.1, -0.05) is 6.07 Å². The number of hydrogen-bond donors (Lipinski definition) is 2. The maximum Gasteiger partial charge on any atom is 0.353 e. The Balaban J connectivity index is 1.67. The van der Waals surface area contributed by atoms with E-state index < -0.39 is 16.0 Å². The summed E-state index contributed by atoms with van der Waals surface area (Å²) in [4.78, 5) is 36.8. The molecule has 0 fully saturated rings. The number of carbonyl (C=O) groups is 1. The zero-order valence-corrected chi connectivity index (χ0v) is 16.6. The Kier molecular flexibility index (Phi) is 4.19. The number of nitrogen functional groups attached to an aromatic ring is 1. The van der Waals surface area contributed by atoms with Crippen molar-refractivity contribution in [3.8, 4) is 11.3 Å². The molecule has 3 heterocycles. The number of anilines is 4. The molecule has 0 atom stereocenters. The molecule has 0 bridgehead atoms. The highest BCUT2D eigenvalue weighted by atomic mass is 32.1. The van der Waals surface area contributed by atoms with Crippen LogP contribution in [0.1, 0.15) is 19.4 Å². The van der Waals surface area contributed by atoms with Crippen LogP contribution in [0.3, 0.4) is 0 Å². The molecule has 2 aromatic heterocycles. The van der Waals surface area contributed by atoms with Crippen LogP contribution in [-0.4, -0.2) is 32.8 Å². The predicted octanol–water partition coefficient (Wildman–Crippen LogP) is 3.09. The van der Waals surface area contributed by atoms with Crippen LogP contribution in [0.2, 0.25) is 0 Å². The van der Waals surface area contributed by atoms with Crippen molar-refractivity contribution in [3.63, 3.8) is 0 Å². The average molecular weight is 411 g/mol. The van der Waals surface area contributed by atoms with E-state index in [0.29, 0.717) is 10.8 Å². The molecule has 0 radical (unpaired) electrons. The van der Waals surface area contributed by atoms with Gasteiger partial charge in [0, 0.05) is 23.7 Å². The topological polar surface area (TPSA) is 140 Å². The van der Waals surface area contributed by atoms with Crippen LogP contribution in [0.4, 0.5) is 28.1 Å². The zero-order chi connectivity index (χ0) is 20.9. The quantitative estimate of drug-likeness (QED) is 0.493. The monoisotopic (exact) mass is 411 g/mol. The normalized spacial score (nSPS) is 14.7. The van der Waals surface area contributed by atoms with Crippen molar-refractivity contribution in [1.82, 2.24) is 15.0 Å². The first-order valence-corrected chi connectivity index (χ1v) is 9.48. The second kappa shape index (κ2) is 6.48. The average Bonchev–Trinajstić information content (AvgIpc) is 3.20. The first-order valence-electron chi connectivity index (χ1n) is 8.60. The standard InChI is InChI=1S/C18H17N7O3S/c1-18(2)10-6-9(4-5-12(10)24(3)16(18)26)11-7-29-17(22-11)23-15-13(25(27)28)14(19)20-8-21-15/h4-8H,1-3H3,(H3,19,20,21,22,23). The summed E-state index contributed by atoms with van der Waals surface area (Å²) in [5.41, 5.74) is 7.92. The number of carbonyl (C=O) groups excluding carboxylic acids is 1. The summed E-state index contributed by atoms with van der Waals surface area (Å²) in [6.45, 7) is 3.79. The van der Waals surface area contributed by atoms with E-state index in [9.17, 15) is 14.9 Å². The molecule has 29 heavy (non-hydrogen) atoms. The van der Waals surface area contributed by atoms with Crippen LogP contribution in [0.25, 0.3) is 11.3 Å². The van der Waals surface area contributed by atoms with E-state index in [1.54, 1.807) is 11.9 Å². The minimum Gasteiger partial charge on any atom is -0.378 e. The molecule has 0 unspecified atom stereocenters. The molecule has 0 spiro atoms. The maximum atomic E-state index is 12.5. The largest absolute Gasteiger partial charge is 0.378 e. The molecule has 0 aliphatic carbocycles. The number of amides is 1. The van der Waals surface area contributed by atoms with Crippen molar-refractivity contribution in [1.29, 1.82) is 0 Å². The highest BCUT2D eigenvalue weighted by molar-refractivity contribution is 7.14. The van der Waals surface area contributed by atoms with Crippen molar-refractivity contribution >= 4 is 45.4 Å². The van der Waals surface area contributed by atoms with Crippen molar-refractivity contribution in [2.45, 2.75) is 19.3 Å². The Morgan fingerprint density at radius 3 is 2.79 bits per heavy atom. The fraction of sp³-hybridized carbons (Fsp3) is 0.222. The van der Waals surface area contributed by atoms with Crippen molar-refractivity contribution in [2.24, 2.45) is 0 Å². The van der Waals surface area contributed by atoms with Crippen LogP contribution in [0, 0.1) is 10.1 Å². The van der Waals surface area contributed by atoms with Gasteiger partial charge < -0.3 is 16.0 Å². The molecule has 0 saturated carbocycles. The summed E-state index contributed by atoms with van der Waals surface area (Å²) < 4.78 is 0. The minimum absolute atomic E-state index is 0.0225. The summed E-state index contributed by atoms with van der Waals surface area (Å²) in [5.74, 6) is -0.205. The molecule has 1 aliphatic rings. The van der Waals surface area contributed by atoms with E-state index in [1.807, 2.05) is 37.4 Å². The number of hydrogen-bond acceptors (Lipinski definition) is 9. The lowest BCUT2D eigenvalue weighted by Gasteiger charge is -2.16. The smallest absolute Gasteiger partial charge is 0.353 e. The fourth-order valence-electron chi connectivity index (χ4n) is 3.36. The molecule has 3 aromatic rings. The number of aromatic nitrogens is 3. The number of fused-ring (bicyclic) bond motifs is 1. The maximum absolute atomic E-state index is 12.5. The van der Waals surface area contributed by atoms with Crippen LogP contribution >= 0.6 is 11.3 Å². The Hall–Kier alpha value is -3.60. The molecule has 1 aromatic carbocycles. The Morgan fingerprint density at radius 1 is 1.31 bits per heavy atom. The first kappa shape index (κ1) is 18.7. The highest BCUT2D eigenvalue weighted by Gasteiger charge is 2.42. The SMILES string of the molecule is CN1C(=O)C(C)(C)c2cc(-c3csc(Nc4ncnc(N)c4[N+](=O)[O-])n3)ccc21. The fourth-order valence-corrected chi connectivity index (χ4v) is 4.08. The van der Waals surface area contributed by atoms with Crippen LogP contribution in [0.15, 0.2) is 29.9 Å². The van der Waals surface area contributed by atoms with Gasteiger partial charge >= 0.3 is 5.69 Å². The molecule has 1 aliphatic heterocycles. The third-order valence-electron chi connectivity index (χ3n) is 4.93. The molecule has 3 N–H and O–H groups in total. The van der Waals surface area contributed by atoms with Crippen LogP contribution in [0.5, 0.6) is 0 Å². The molecule has 4 rings (SSSR count). The summed E-state index contributed by atoms with van der Waals surface area (Å²) in [6.07, 6.45) is 1.15. The lowest BCUT2D eigenvalue weighted by Crippen LogP contribution is -2.33. The number of nitrogens with one attached hydrogen (secondary N) is 1. The molecule has 11 heteroatoms. The lowest BCUT2D eigenvalue weighted by molar-refractivity contribution is -0.383. The van der Waals surface area contributed by atoms with Gasteiger partial charge in [0.05, 0.1) is 16.0 Å². The number of nitro groups is 1. The van der Waals surface area contributed by atoms with E-state index in [0.717, 1.165) is 23.1 Å². The number of nitrogens with zero attached hydrogens (tertiary/aromatic N) is 5. The third kappa shape index (κ3) is 2.95. The van der Waals surface area contributed by atoms with E-state index in [1.165, 1.54) is 11.3 Å². The third-order valence-corrected chi connectivity index (χ3v) is 5.69. The first-order chi connectivity index (χ1) is 13.7. The van der Waals surface area contributed by atoms with Gasteiger partial charge in [-0.2, -0.15) is 0 Å². The summed E-state index contributed by atoms with van der Waals surface area (Å²) in [7, 11) is 1.76. The summed E-state index contributed by atoms with van der Waals surface area (Å²) >= 11 is 1.28. The number of nitrogens with two attached hydrogens (primary N) is 1. The number of thiazole rings is 1. The second-order valence-corrected chi connectivity index (χ2v) is 7.96. The van der Waals surface area contributed by atoms with Crippen molar-refractivity contribution < 1.29 is 9.72 Å². The number of benzene rings is 1. The zero-order valence-electron chi connectivity index (χ0n) is 15.8. The minimum atomic E-state index is -0.637. The number of rotatable bonds is 4. The summed E-state index contributed by atoms with van der Waals surface area (Å²) in [5, 5.41) is 16.3. The number of likely N-dealkylation sites (N-methyl/N-ethyl adjacent to an activating group) is 1. The van der Waals surface area contributed by atoms with Crippen molar-refractivity contribution in [3.05, 3.63) is 45.6 Å². The summed E-state index contributed by atoms with van der Waals surface area (Å²) in [6, 6.07) is 5.76. The van der Waals surface area contributed by atoms with Crippen LogP contribution in [-0.2, 0) is 10.2 Å². The van der Waals surface area contributed by atoms with Gasteiger partial charge in [0.2, 0.25) is 17.5 Å². The molecular formula is C18H17N7O3S. The Morgan fingerprint density at radius 2 is 2.07 bits per heavy atom. The lowest BCUT2D eigenvalue weighted by atomic mass is 9.85. The van der Waals surface area contributed by atoms with Gasteiger partial charge in [-0.3, -0.25) is 14.9 Å². The van der Waals surface area contributed by atoms with Gasteiger partial charge in [-0.25, -0.2) is 15.0 Å². The van der Waals surface area contributed by atoms with Gasteiger partial charge in [-0.05, 0) is 31.5 Å². The second-order valence-electron chi connectivity index (χ2n) is 7.10.